The average Bonchev–Trinajstić information content (AvgIpc) is 3.05. The third-order valence-electron chi connectivity index (χ3n) is 5.12. The first-order valence-electron chi connectivity index (χ1n) is 9.64. The van der Waals surface area contributed by atoms with Crippen LogP contribution < -0.4 is 10.1 Å². The fraction of sp³-hybridized carbons (Fsp3) is 0.174. The van der Waals surface area contributed by atoms with Crippen LogP contribution in [0.1, 0.15) is 32.9 Å². The molecule has 0 saturated carbocycles. The molecule has 0 aliphatic carbocycles. The summed E-state index contributed by atoms with van der Waals surface area (Å²) in [5, 5.41) is 17.6. The molecular formula is C23H20N6O2. The summed E-state index contributed by atoms with van der Waals surface area (Å²) >= 11 is 0. The maximum atomic E-state index is 13.2. The minimum absolute atomic E-state index is 0.274. The summed E-state index contributed by atoms with van der Waals surface area (Å²) in [5.41, 5.74) is 4.56. The van der Waals surface area contributed by atoms with Gasteiger partial charge in [0.15, 0.2) is 0 Å². The lowest BCUT2D eigenvalue weighted by molar-refractivity contribution is 0.102. The summed E-state index contributed by atoms with van der Waals surface area (Å²) in [6.45, 7) is 4.12. The molecule has 0 saturated heterocycles. The molecule has 1 N–H and O–H groups in total. The minimum atomic E-state index is -0.274. The van der Waals surface area contributed by atoms with Crippen LogP contribution in [0.5, 0.6) is 5.88 Å². The molecule has 0 radical (unpaired) electrons. The molecule has 0 atom stereocenters. The van der Waals surface area contributed by atoms with Crippen molar-refractivity contribution in [2.24, 2.45) is 0 Å². The van der Waals surface area contributed by atoms with Crippen molar-refractivity contribution in [2.75, 3.05) is 12.4 Å². The zero-order chi connectivity index (χ0) is 22.0. The van der Waals surface area contributed by atoms with E-state index in [4.69, 9.17) is 4.74 Å². The summed E-state index contributed by atoms with van der Waals surface area (Å²) < 4.78 is 7.03. The Morgan fingerprint density at radius 1 is 1.26 bits per heavy atom. The van der Waals surface area contributed by atoms with E-state index in [1.54, 1.807) is 23.0 Å². The summed E-state index contributed by atoms with van der Waals surface area (Å²) in [4.78, 5) is 21.6. The number of amides is 1. The second kappa shape index (κ2) is 8.24. The van der Waals surface area contributed by atoms with Gasteiger partial charge in [0, 0.05) is 23.8 Å². The van der Waals surface area contributed by atoms with E-state index < -0.39 is 0 Å². The third-order valence-corrected chi connectivity index (χ3v) is 5.12. The number of hydrogen-bond donors (Lipinski definition) is 1. The zero-order valence-electron chi connectivity index (χ0n) is 17.4. The number of methoxy groups -OCH3 is 1. The number of anilines is 1. The molecule has 0 aliphatic heterocycles. The molecule has 4 aromatic rings. The standard InChI is InChI=1S/C23H20N6O2/c1-14-22(15(2)29(28-14)13-16-8-9-25-12-17(16)11-24)27-23(30)19-10-21(31-3)26-20-7-5-4-6-18(19)20/h4-10,12H,13H2,1-3H3,(H,27,30). The van der Waals surface area contributed by atoms with E-state index in [-0.39, 0.29) is 5.91 Å². The Hall–Kier alpha value is -4.25. The quantitative estimate of drug-likeness (QED) is 0.537. The normalized spacial score (nSPS) is 10.6. The van der Waals surface area contributed by atoms with Crippen molar-refractivity contribution in [1.29, 1.82) is 5.26 Å². The van der Waals surface area contributed by atoms with Gasteiger partial charge in [-0.2, -0.15) is 10.4 Å². The Morgan fingerprint density at radius 2 is 2.06 bits per heavy atom. The van der Waals surface area contributed by atoms with Crippen LogP contribution in [0, 0.1) is 25.2 Å². The van der Waals surface area contributed by atoms with Gasteiger partial charge in [-0.3, -0.25) is 14.5 Å². The van der Waals surface area contributed by atoms with Crippen molar-refractivity contribution < 1.29 is 9.53 Å². The van der Waals surface area contributed by atoms with Crippen LogP contribution in [0.3, 0.4) is 0 Å². The van der Waals surface area contributed by atoms with Gasteiger partial charge < -0.3 is 10.1 Å². The molecule has 1 amide bonds. The van der Waals surface area contributed by atoms with Crippen LogP contribution in [0.2, 0.25) is 0 Å². The van der Waals surface area contributed by atoms with Gasteiger partial charge in [0.25, 0.3) is 5.91 Å². The van der Waals surface area contributed by atoms with Crippen LogP contribution >= 0.6 is 0 Å². The first-order chi connectivity index (χ1) is 15.0. The monoisotopic (exact) mass is 412 g/mol. The average molecular weight is 412 g/mol. The first kappa shape index (κ1) is 20.0. The van der Waals surface area contributed by atoms with Crippen molar-refractivity contribution in [3.8, 4) is 11.9 Å². The van der Waals surface area contributed by atoms with Crippen LogP contribution in [0.25, 0.3) is 10.9 Å². The largest absolute Gasteiger partial charge is 0.481 e. The van der Waals surface area contributed by atoms with Gasteiger partial charge in [-0.25, -0.2) is 4.98 Å². The minimum Gasteiger partial charge on any atom is -0.481 e. The number of ether oxygens (including phenoxy) is 1. The van der Waals surface area contributed by atoms with Crippen molar-refractivity contribution >= 4 is 22.5 Å². The lowest BCUT2D eigenvalue weighted by atomic mass is 10.1. The number of nitrogens with one attached hydrogen (secondary N) is 1. The fourth-order valence-electron chi connectivity index (χ4n) is 3.48. The molecule has 0 spiro atoms. The number of benzene rings is 1. The molecule has 0 aliphatic rings. The topological polar surface area (TPSA) is 106 Å². The summed E-state index contributed by atoms with van der Waals surface area (Å²) in [6, 6.07) is 13.0. The number of carbonyl (C=O) groups is 1. The van der Waals surface area contributed by atoms with Crippen LogP contribution in [-0.4, -0.2) is 32.8 Å². The molecule has 0 unspecified atom stereocenters. The highest BCUT2D eigenvalue weighted by molar-refractivity contribution is 6.13. The van der Waals surface area contributed by atoms with Crippen molar-refractivity contribution in [2.45, 2.75) is 20.4 Å². The molecule has 8 heteroatoms. The molecule has 0 fully saturated rings. The number of rotatable bonds is 5. The Labute approximate surface area is 179 Å². The predicted molar refractivity (Wildman–Crippen MR) is 116 cm³/mol. The molecule has 3 aromatic heterocycles. The van der Waals surface area contributed by atoms with E-state index in [0.717, 1.165) is 16.6 Å². The molecule has 3 heterocycles. The lowest BCUT2D eigenvalue weighted by Crippen LogP contribution is -2.14. The lowest BCUT2D eigenvalue weighted by Gasteiger charge is -2.11. The number of carbonyl (C=O) groups excluding carboxylic acids is 1. The molecule has 0 bridgehead atoms. The number of aryl methyl sites for hydroxylation is 1. The molecular weight excluding hydrogens is 392 g/mol. The second-order valence-corrected chi connectivity index (χ2v) is 7.03. The van der Waals surface area contributed by atoms with Gasteiger partial charge in [0.1, 0.15) is 6.07 Å². The number of pyridine rings is 2. The Kier molecular flexibility index (Phi) is 5.33. The van der Waals surface area contributed by atoms with E-state index >= 15 is 0 Å². The van der Waals surface area contributed by atoms with Crippen LogP contribution in [-0.2, 0) is 6.54 Å². The van der Waals surface area contributed by atoms with E-state index in [1.165, 1.54) is 13.3 Å². The van der Waals surface area contributed by atoms with E-state index in [9.17, 15) is 10.1 Å². The number of aromatic nitrogens is 4. The molecule has 31 heavy (non-hydrogen) atoms. The fourth-order valence-corrected chi connectivity index (χ4v) is 3.48. The van der Waals surface area contributed by atoms with Crippen molar-refractivity contribution in [1.82, 2.24) is 19.7 Å². The number of hydrogen-bond acceptors (Lipinski definition) is 6. The summed E-state index contributed by atoms with van der Waals surface area (Å²) in [6.07, 6.45) is 3.18. The Bertz CT molecular complexity index is 1340. The molecule has 8 nitrogen and oxygen atoms in total. The van der Waals surface area contributed by atoms with Gasteiger partial charge in [-0.1, -0.05) is 18.2 Å². The van der Waals surface area contributed by atoms with Crippen molar-refractivity contribution in [3.63, 3.8) is 0 Å². The van der Waals surface area contributed by atoms with E-state index in [1.807, 2.05) is 38.1 Å². The third kappa shape index (κ3) is 3.81. The summed E-state index contributed by atoms with van der Waals surface area (Å²) in [5.74, 6) is 0.0963. The van der Waals surface area contributed by atoms with Gasteiger partial charge in [-0.15, -0.1) is 0 Å². The first-order valence-corrected chi connectivity index (χ1v) is 9.64. The highest BCUT2D eigenvalue weighted by Crippen LogP contribution is 2.26. The van der Waals surface area contributed by atoms with Gasteiger partial charge in [-0.05, 0) is 31.5 Å². The van der Waals surface area contributed by atoms with Gasteiger partial charge in [0.05, 0.1) is 47.4 Å². The zero-order valence-corrected chi connectivity index (χ0v) is 17.4. The predicted octanol–water partition coefficient (Wildman–Crippen LogP) is 3.62. The second-order valence-electron chi connectivity index (χ2n) is 7.03. The van der Waals surface area contributed by atoms with Crippen molar-refractivity contribution in [3.05, 3.63) is 76.9 Å². The maximum Gasteiger partial charge on any atom is 0.256 e. The van der Waals surface area contributed by atoms with Crippen LogP contribution in [0.15, 0.2) is 48.8 Å². The smallest absolute Gasteiger partial charge is 0.256 e. The SMILES string of the molecule is COc1cc(C(=O)Nc2c(C)nn(Cc3ccncc3C#N)c2C)c2ccccc2n1. The van der Waals surface area contributed by atoms with Gasteiger partial charge >= 0.3 is 0 Å². The highest BCUT2D eigenvalue weighted by atomic mass is 16.5. The van der Waals surface area contributed by atoms with Gasteiger partial charge in [0.2, 0.25) is 5.88 Å². The number of para-hydroxylation sites is 1. The molecule has 154 valence electrons. The number of fused-ring (bicyclic) bond motifs is 1. The highest BCUT2D eigenvalue weighted by Gasteiger charge is 2.19. The van der Waals surface area contributed by atoms with Crippen LogP contribution in [0.4, 0.5) is 5.69 Å². The Morgan fingerprint density at radius 3 is 2.84 bits per heavy atom. The maximum absolute atomic E-state index is 13.2. The molecule has 1 aromatic carbocycles. The summed E-state index contributed by atoms with van der Waals surface area (Å²) in [7, 11) is 1.52. The van der Waals surface area contributed by atoms with E-state index in [0.29, 0.717) is 40.4 Å². The Balaban J connectivity index is 1.67. The number of nitriles is 1. The number of nitrogens with zero attached hydrogens (tertiary/aromatic N) is 5. The molecule has 4 rings (SSSR count). The van der Waals surface area contributed by atoms with E-state index in [2.05, 4.69) is 26.5 Å².